The lowest BCUT2D eigenvalue weighted by molar-refractivity contribution is 0.0949. The largest absolute Gasteiger partial charge is 0.467 e. The Morgan fingerprint density at radius 1 is 0.920 bits per heavy atom. The minimum absolute atomic E-state index is 0.279. The summed E-state index contributed by atoms with van der Waals surface area (Å²) in [7, 11) is 0. The van der Waals surface area contributed by atoms with E-state index in [1.165, 1.54) is 0 Å². The van der Waals surface area contributed by atoms with Crippen LogP contribution in [0.3, 0.4) is 0 Å². The van der Waals surface area contributed by atoms with Crippen LogP contribution in [0.15, 0.2) is 75.8 Å². The molecule has 0 bridgehead atoms. The summed E-state index contributed by atoms with van der Waals surface area (Å²) in [5.74, 6) is 0.0895. The molecule has 0 saturated heterocycles. The molecule has 2 amide bonds. The summed E-state index contributed by atoms with van der Waals surface area (Å²) in [6.45, 7) is 0.279. The predicted molar refractivity (Wildman–Crippen MR) is 98.4 cm³/mol. The van der Waals surface area contributed by atoms with E-state index >= 15 is 0 Å². The molecule has 2 aromatic carbocycles. The van der Waals surface area contributed by atoms with E-state index in [2.05, 4.69) is 26.6 Å². The zero-order valence-corrected chi connectivity index (χ0v) is 14.7. The third-order valence-electron chi connectivity index (χ3n) is 3.53. The predicted octanol–water partition coefficient (Wildman–Crippen LogP) is 4.22. The summed E-state index contributed by atoms with van der Waals surface area (Å²) < 4.78 is 6.08. The Hall–Kier alpha value is -2.86. The van der Waals surface area contributed by atoms with Gasteiger partial charge in [-0.25, -0.2) is 0 Å². The smallest absolute Gasteiger partial charge is 0.255 e. The lowest BCUT2D eigenvalue weighted by Crippen LogP contribution is -2.24. The molecular formula is C19H15BrN2O3. The Morgan fingerprint density at radius 2 is 1.68 bits per heavy atom. The number of para-hydroxylation sites is 1. The van der Waals surface area contributed by atoms with Crippen LogP contribution in [-0.4, -0.2) is 11.8 Å². The lowest BCUT2D eigenvalue weighted by Gasteiger charge is -2.11. The van der Waals surface area contributed by atoms with E-state index in [0.29, 0.717) is 22.6 Å². The zero-order chi connectivity index (χ0) is 17.6. The van der Waals surface area contributed by atoms with Crippen molar-refractivity contribution in [3.05, 3.63) is 88.3 Å². The van der Waals surface area contributed by atoms with Crippen molar-refractivity contribution >= 4 is 33.4 Å². The van der Waals surface area contributed by atoms with Crippen LogP contribution >= 0.6 is 15.9 Å². The second-order valence-corrected chi connectivity index (χ2v) is 6.18. The van der Waals surface area contributed by atoms with Crippen molar-refractivity contribution in [2.24, 2.45) is 0 Å². The van der Waals surface area contributed by atoms with E-state index in [-0.39, 0.29) is 18.4 Å². The lowest BCUT2D eigenvalue weighted by atomic mass is 10.1. The SMILES string of the molecule is O=C(Nc1ccccc1C(=O)NCc1ccco1)c1ccc(Br)cc1. The molecule has 0 saturated carbocycles. The van der Waals surface area contributed by atoms with Crippen LogP contribution in [0.5, 0.6) is 0 Å². The van der Waals surface area contributed by atoms with E-state index in [9.17, 15) is 9.59 Å². The second-order valence-electron chi connectivity index (χ2n) is 5.27. The first-order valence-electron chi connectivity index (χ1n) is 7.60. The number of anilines is 1. The fourth-order valence-electron chi connectivity index (χ4n) is 2.26. The molecule has 0 unspecified atom stereocenters. The molecule has 1 aromatic heterocycles. The quantitative estimate of drug-likeness (QED) is 0.675. The molecule has 3 rings (SSSR count). The second kappa shape index (κ2) is 7.81. The molecule has 5 nitrogen and oxygen atoms in total. The van der Waals surface area contributed by atoms with Crippen LogP contribution in [0.2, 0.25) is 0 Å². The number of rotatable bonds is 5. The Kier molecular flexibility index (Phi) is 5.30. The van der Waals surface area contributed by atoms with Gasteiger partial charge in [-0.3, -0.25) is 9.59 Å². The van der Waals surface area contributed by atoms with Crippen molar-refractivity contribution in [1.82, 2.24) is 5.32 Å². The van der Waals surface area contributed by atoms with E-state index < -0.39 is 0 Å². The number of carbonyl (C=O) groups excluding carboxylic acids is 2. The third-order valence-corrected chi connectivity index (χ3v) is 4.06. The average molecular weight is 399 g/mol. The maximum Gasteiger partial charge on any atom is 0.255 e. The van der Waals surface area contributed by atoms with Gasteiger partial charge < -0.3 is 15.1 Å². The summed E-state index contributed by atoms with van der Waals surface area (Å²) in [5, 5.41) is 5.55. The van der Waals surface area contributed by atoms with Crippen molar-refractivity contribution in [3.63, 3.8) is 0 Å². The number of halogens is 1. The fourth-order valence-corrected chi connectivity index (χ4v) is 2.53. The third kappa shape index (κ3) is 4.36. The minimum Gasteiger partial charge on any atom is -0.467 e. The van der Waals surface area contributed by atoms with Crippen molar-refractivity contribution in [2.45, 2.75) is 6.54 Å². The first kappa shape index (κ1) is 17.0. The summed E-state index contributed by atoms with van der Waals surface area (Å²) in [5.41, 5.74) is 1.35. The van der Waals surface area contributed by atoms with Gasteiger partial charge in [0.15, 0.2) is 0 Å². The molecule has 126 valence electrons. The molecule has 0 aliphatic rings. The molecule has 0 radical (unpaired) electrons. The monoisotopic (exact) mass is 398 g/mol. The molecule has 0 spiro atoms. The number of hydrogen-bond donors (Lipinski definition) is 2. The van der Waals surface area contributed by atoms with Gasteiger partial charge in [-0.15, -0.1) is 0 Å². The first-order valence-corrected chi connectivity index (χ1v) is 8.39. The molecule has 1 heterocycles. The van der Waals surface area contributed by atoms with E-state index in [0.717, 1.165) is 4.47 Å². The highest BCUT2D eigenvalue weighted by atomic mass is 79.9. The number of furan rings is 1. The van der Waals surface area contributed by atoms with Gasteiger partial charge in [0.1, 0.15) is 5.76 Å². The van der Waals surface area contributed by atoms with Crippen molar-refractivity contribution < 1.29 is 14.0 Å². The molecule has 6 heteroatoms. The van der Waals surface area contributed by atoms with Gasteiger partial charge in [-0.2, -0.15) is 0 Å². The maximum atomic E-state index is 12.4. The Labute approximate surface area is 153 Å². The van der Waals surface area contributed by atoms with Crippen LogP contribution in [0, 0.1) is 0 Å². The molecule has 25 heavy (non-hydrogen) atoms. The van der Waals surface area contributed by atoms with E-state index in [1.807, 2.05) is 0 Å². The Bertz CT molecular complexity index is 874. The van der Waals surface area contributed by atoms with Crippen LogP contribution in [0.25, 0.3) is 0 Å². The van der Waals surface area contributed by atoms with Gasteiger partial charge in [0.2, 0.25) is 0 Å². The molecular weight excluding hydrogens is 384 g/mol. The van der Waals surface area contributed by atoms with Crippen molar-refractivity contribution in [1.29, 1.82) is 0 Å². The zero-order valence-electron chi connectivity index (χ0n) is 13.2. The number of benzene rings is 2. The van der Waals surface area contributed by atoms with Crippen LogP contribution < -0.4 is 10.6 Å². The molecule has 0 aliphatic heterocycles. The number of carbonyl (C=O) groups is 2. The maximum absolute atomic E-state index is 12.4. The number of amides is 2. The summed E-state index contributed by atoms with van der Waals surface area (Å²) in [6.07, 6.45) is 1.55. The van der Waals surface area contributed by atoms with Crippen LogP contribution in [-0.2, 0) is 6.54 Å². The van der Waals surface area contributed by atoms with Gasteiger partial charge in [0.25, 0.3) is 11.8 Å². The fraction of sp³-hybridized carbons (Fsp3) is 0.0526. The molecule has 0 aliphatic carbocycles. The normalized spacial score (nSPS) is 10.3. The van der Waals surface area contributed by atoms with E-state index in [4.69, 9.17) is 4.42 Å². The van der Waals surface area contributed by atoms with E-state index in [1.54, 1.807) is 66.9 Å². The Balaban J connectivity index is 1.72. The first-order chi connectivity index (χ1) is 12.1. The highest BCUT2D eigenvalue weighted by molar-refractivity contribution is 9.10. The van der Waals surface area contributed by atoms with Gasteiger partial charge in [-0.1, -0.05) is 28.1 Å². The number of nitrogens with one attached hydrogen (secondary N) is 2. The Morgan fingerprint density at radius 3 is 2.40 bits per heavy atom. The number of hydrogen-bond acceptors (Lipinski definition) is 3. The van der Waals surface area contributed by atoms with Crippen LogP contribution in [0.4, 0.5) is 5.69 Å². The standard InChI is InChI=1S/C19H15BrN2O3/c20-14-9-7-13(8-10-14)18(23)22-17-6-2-1-5-16(17)19(24)21-12-15-4-3-11-25-15/h1-11H,12H2,(H,21,24)(H,22,23). The van der Waals surface area contributed by atoms with Crippen LogP contribution in [0.1, 0.15) is 26.5 Å². The summed E-state index contributed by atoms with van der Waals surface area (Å²) >= 11 is 3.33. The molecule has 0 fully saturated rings. The van der Waals surface area contributed by atoms with Gasteiger partial charge in [0, 0.05) is 10.0 Å². The highest BCUT2D eigenvalue weighted by Crippen LogP contribution is 2.17. The summed E-state index contributed by atoms with van der Waals surface area (Å²) in [4.78, 5) is 24.8. The molecule has 3 aromatic rings. The minimum atomic E-state index is -0.289. The highest BCUT2D eigenvalue weighted by Gasteiger charge is 2.14. The van der Waals surface area contributed by atoms with Crippen molar-refractivity contribution in [2.75, 3.05) is 5.32 Å². The topological polar surface area (TPSA) is 71.3 Å². The average Bonchev–Trinajstić information content (AvgIpc) is 3.14. The van der Waals surface area contributed by atoms with Crippen molar-refractivity contribution in [3.8, 4) is 0 Å². The molecule has 2 N–H and O–H groups in total. The van der Waals surface area contributed by atoms with Gasteiger partial charge in [-0.05, 0) is 48.5 Å². The van der Waals surface area contributed by atoms with Gasteiger partial charge in [0.05, 0.1) is 24.1 Å². The van der Waals surface area contributed by atoms with Gasteiger partial charge >= 0.3 is 0 Å². The molecule has 0 atom stereocenters. The summed E-state index contributed by atoms with van der Waals surface area (Å²) in [6, 6.07) is 17.4.